The number of phenolic OH excluding ortho intramolecular Hbond substituents is 1. The van der Waals surface area contributed by atoms with Gasteiger partial charge in [0, 0.05) is 25.2 Å². The number of fused-ring (bicyclic) bond motifs is 1. The van der Waals surface area contributed by atoms with E-state index >= 15 is 0 Å². The fourth-order valence-electron chi connectivity index (χ4n) is 2.54. The van der Waals surface area contributed by atoms with E-state index in [1.807, 2.05) is 12.1 Å². The van der Waals surface area contributed by atoms with Gasteiger partial charge in [-0.2, -0.15) is 0 Å². The van der Waals surface area contributed by atoms with Crippen LogP contribution < -0.4 is 5.32 Å². The molecule has 0 atom stereocenters. The summed E-state index contributed by atoms with van der Waals surface area (Å²) in [5.41, 5.74) is 2.08. The molecule has 1 aromatic carbocycles. The van der Waals surface area contributed by atoms with Gasteiger partial charge in [-0.3, -0.25) is 0 Å². The van der Waals surface area contributed by atoms with E-state index in [9.17, 15) is 15.0 Å². The second-order valence-corrected chi connectivity index (χ2v) is 5.29. The zero-order chi connectivity index (χ0) is 17.1. The van der Waals surface area contributed by atoms with Crippen molar-refractivity contribution in [2.75, 3.05) is 25.6 Å². The summed E-state index contributed by atoms with van der Waals surface area (Å²) in [6.07, 6.45) is 1.76. The number of phenols is 1. The first kappa shape index (κ1) is 15.8. The molecule has 3 aromatic rings. The van der Waals surface area contributed by atoms with Gasteiger partial charge < -0.3 is 25.3 Å². The number of aromatic nitrogens is 2. The highest BCUT2D eigenvalue weighted by Gasteiger charge is 2.13. The van der Waals surface area contributed by atoms with Crippen LogP contribution in [-0.2, 0) is 4.74 Å². The van der Waals surface area contributed by atoms with E-state index in [1.54, 1.807) is 13.3 Å². The highest BCUT2D eigenvalue weighted by Crippen LogP contribution is 2.32. The Balaban J connectivity index is 2.10. The number of nitrogens with one attached hydrogen (secondary N) is 2. The third-order valence-electron chi connectivity index (χ3n) is 3.62. The van der Waals surface area contributed by atoms with Crippen molar-refractivity contribution in [2.24, 2.45) is 0 Å². The second kappa shape index (κ2) is 6.59. The first-order valence-corrected chi connectivity index (χ1v) is 7.37. The van der Waals surface area contributed by atoms with Gasteiger partial charge in [0.25, 0.3) is 0 Å². The number of methoxy groups -OCH3 is 1. The molecule has 0 amide bonds. The van der Waals surface area contributed by atoms with Crippen LogP contribution in [0.15, 0.2) is 36.5 Å². The molecule has 0 aliphatic carbocycles. The molecule has 3 rings (SSSR count). The Labute approximate surface area is 137 Å². The lowest BCUT2D eigenvalue weighted by Crippen LogP contribution is -2.09. The number of rotatable bonds is 6. The van der Waals surface area contributed by atoms with E-state index in [-0.39, 0.29) is 11.3 Å². The average molecular weight is 327 g/mol. The van der Waals surface area contributed by atoms with Gasteiger partial charge in [0.15, 0.2) is 0 Å². The quantitative estimate of drug-likeness (QED) is 0.519. The molecule has 2 aromatic heterocycles. The molecule has 0 saturated carbocycles. The van der Waals surface area contributed by atoms with Gasteiger partial charge in [0.2, 0.25) is 0 Å². The molecule has 0 radical (unpaired) electrons. The zero-order valence-corrected chi connectivity index (χ0v) is 13.0. The number of aromatic hydroxyl groups is 1. The van der Waals surface area contributed by atoms with Crippen molar-refractivity contribution >= 4 is 22.8 Å². The van der Waals surface area contributed by atoms with E-state index in [2.05, 4.69) is 15.3 Å². The molecule has 0 aliphatic rings. The number of carboxylic acids is 1. The molecule has 0 saturated heterocycles. The van der Waals surface area contributed by atoms with Crippen LogP contribution in [0.3, 0.4) is 0 Å². The number of pyridine rings is 1. The topological polar surface area (TPSA) is 107 Å². The summed E-state index contributed by atoms with van der Waals surface area (Å²) in [5, 5.41) is 23.0. The van der Waals surface area contributed by atoms with Crippen LogP contribution in [0.25, 0.3) is 22.2 Å². The second-order valence-electron chi connectivity index (χ2n) is 5.29. The Morgan fingerprint density at radius 3 is 2.92 bits per heavy atom. The minimum absolute atomic E-state index is 0.0272. The summed E-state index contributed by atoms with van der Waals surface area (Å²) in [6, 6.07) is 7.97. The maximum absolute atomic E-state index is 11.2. The largest absolute Gasteiger partial charge is 0.508 e. The Morgan fingerprint density at radius 1 is 1.33 bits per heavy atom. The van der Waals surface area contributed by atoms with Crippen LogP contribution in [0, 0.1) is 0 Å². The predicted octanol–water partition coefficient (Wildman–Crippen LogP) is 2.69. The Hall–Kier alpha value is -3.06. The van der Waals surface area contributed by atoms with Gasteiger partial charge in [0.05, 0.1) is 12.2 Å². The summed E-state index contributed by atoms with van der Waals surface area (Å²) in [5.74, 6) is -0.554. The Bertz CT molecular complexity index is 889. The van der Waals surface area contributed by atoms with E-state index in [0.717, 1.165) is 10.9 Å². The molecule has 0 fully saturated rings. The summed E-state index contributed by atoms with van der Waals surface area (Å²) >= 11 is 0. The van der Waals surface area contributed by atoms with Gasteiger partial charge >= 0.3 is 5.97 Å². The molecule has 24 heavy (non-hydrogen) atoms. The highest BCUT2D eigenvalue weighted by molar-refractivity contribution is 5.97. The lowest BCUT2D eigenvalue weighted by molar-refractivity contribution is 0.0696. The maximum atomic E-state index is 11.2. The number of nitrogens with zero attached hydrogens (tertiary/aromatic N) is 1. The van der Waals surface area contributed by atoms with Crippen LogP contribution in [0.1, 0.15) is 10.4 Å². The lowest BCUT2D eigenvalue weighted by Gasteiger charge is -2.10. The molecule has 7 heteroatoms. The van der Waals surface area contributed by atoms with Crippen LogP contribution in [-0.4, -0.2) is 46.4 Å². The van der Waals surface area contributed by atoms with Crippen molar-refractivity contribution in [1.82, 2.24) is 9.97 Å². The molecule has 124 valence electrons. The van der Waals surface area contributed by atoms with Crippen molar-refractivity contribution in [3.8, 4) is 16.9 Å². The van der Waals surface area contributed by atoms with Gasteiger partial charge in [-0.25, -0.2) is 9.78 Å². The standard InChI is InChI=1S/C17H17N3O4/c1-24-5-4-18-15-9-14(13-2-3-19-16(13)20-15)10-6-11(17(22)23)8-12(21)7-10/h2-3,6-9,21H,4-5H2,1H3,(H,22,23)(H2,18,19,20). The van der Waals surface area contributed by atoms with Crippen molar-refractivity contribution in [3.05, 3.63) is 42.1 Å². The highest BCUT2D eigenvalue weighted by atomic mass is 16.5. The molecule has 0 spiro atoms. The summed E-state index contributed by atoms with van der Waals surface area (Å²) in [4.78, 5) is 18.8. The minimum Gasteiger partial charge on any atom is -0.508 e. The van der Waals surface area contributed by atoms with E-state index in [1.165, 1.54) is 18.2 Å². The summed E-state index contributed by atoms with van der Waals surface area (Å²) < 4.78 is 5.01. The third kappa shape index (κ3) is 3.16. The van der Waals surface area contributed by atoms with Crippen LogP contribution >= 0.6 is 0 Å². The number of H-pyrrole nitrogens is 1. The number of carboxylic acid groups (broad SMARTS) is 1. The molecule has 7 nitrogen and oxygen atoms in total. The number of aromatic amines is 1. The fourth-order valence-corrected chi connectivity index (χ4v) is 2.54. The molecule has 0 bridgehead atoms. The number of aromatic carboxylic acids is 1. The third-order valence-corrected chi connectivity index (χ3v) is 3.62. The number of benzene rings is 1. The van der Waals surface area contributed by atoms with Gasteiger partial charge in [-0.15, -0.1) is 0 Å². The predicted molar refractivity (Wildman–Crippen MR) is 90.5 cm³/mol. The maximum Gasteiger partial charge on any atom is 0.335 e. The van der Waals surface area contributed by atoms with E-state index in [0.29, 0.717) is 30.2 Å². The smallest absolute Gasteiger partial charge is 0.335 e. The minimum atomic E-state index is -1.09. The van der Waals surface area contributed by atoms with E-state index < -0.39 is 5.97 Å². The number of hydrogen-bond donors (Lipinski definition) is 4. The van der Waals surface area contributed by atoms with Crippen molar-refractivity contribution in [2.45, 2.75) is 0 Å². The first-order chi connectivity index (χ1) is 11.6. The Kier molecular flexibility index (Phi) is 4.35. The van der Waals surface area contributed by atoms with Crippen LogP contribution in [0.5, 0.6) is 5.75 Å². The molecule has 4 N–H and O–H groups in total. The summed E-state index contributed by atoms with van der Waals surface area (Å²) in [7, 11) is 1.62. The normalized spacial score (nSPS) is 10.9. The van der Waals surface area contributed by atoms with Gasteiger partial charge in [-0.1, -0.05) is 0 Å². The van der Waals surface area contributed by atoms with Crippen molar-refractivity contribution < 1.29 is 19.7 Å². The van der Waals surface area contributed by atoms with Crippen molar-refractivity contribution in [3.63, 3.8) is 0 Å². The zero-order valence-electron chi connectivity index (χ0n) is 13.0. The average Bonchev–Trinajstić information content (AvgIpc) is 3.02. The number of carbonyl (C=O) groups is 1. The van der Waals surface area contributed by atoms with E-state index in [4.69, 9.17) is 4.74 Å². The number of anilines is 1. The van der Waals surface area contributed by atoms with Crippen LogP contribution in [0.4, 0.5) is 5.82 Å². The summed E-state index contributed by atoms with van der Waals surface area (Å²) in [6.45, 7) is 1.13. The fraction of sp³-hybridized carbons (Fsp3) is 0.176. The number of ether oxygens (including phenoxy) is 1. The lowest BCUT2D eigenvalue weighted by atomic mass is 10.0. The first-order valence-electron chi connectivity index (χ1n) is 7.37. The molecule has 2 heterocycles. The number of hydrogen-bond acceptors (Lipinski definition) is 5. The van der Waals surface area contributed by atoms with Crippen molar-refractivity contribution in [1.29, 1.82) is 0 Å². The molecular weight excluding hydrogens is 310 g/mol. The van der Waals surface area contributed by atoms with Crippen LogP contribution in [0.2, 0.25) is 0 Å². The molecule has 0 aliphatic heterocycles. The monoisotopic (exact) mass is 327 g/mol. The SMILES string of the molecule is COCCNc1cc(-c2cc(O)cc(C(=O)O)c2)c2cc[nH]c2n1. The molecular formula is C17H17N3O4. The molecule has 0 unspecified atom stereocenters. The van der Waals surface area contributed by atoms with Gasteiger partial charge in [-0.05, 0) is 41.5 Å². The van der Waals surface area contributed by atoms with Gasteiger partial charge in [0.1, 0.15) is 17.2 Å². The Morgan fingerprint density at radius 2 is 2.17 bits per heavy atom.